The van der Waals surface area contributed by atoms with Crippen molar-refractivity contribution in [3.8, 4) is 0 Å². The quantitative estimate of drug-likeness (QED) is 0.664. The van der Waals surface area contributed by atoms with Gasteiger partial charge in [-0.3, -0.25) is 15.0 Å². The minimum Gasteiger partial charge on any atom is -0.267 e. The largest absolute Gasteiger partial charge is 0.288 e. The molecule has 2 amide bonds. The van der Waals surface area contributed by atoms with Gasteiger partial charge in [-0.05, 0) is 23.8 Å². The van der Waals surface area contributed by atoms with Crippen molar-refractivity contribution in [3.63, 3.8) is 0 Å². The van der Waals surface area contributed by atoms with Crippen LogP contribution in [0.2, 0.25) is 5.02 Å². The Morgan fingerprint density at radius 3 is 2.21 bits per heavy atom. The maximum atomic E-state index is 13.1. The summed E-state index contributed by atoms with van der Waals surface area (Å²) >= 11 is 6.19. The van der Waals surface area contributed by atoms with Gasteiger partial charge in [0.15, 0.2) is 5.84 Å². The second-order valence-electron chi connectivity index (χ2n) is 6.30. The number of amidine groups is 1. The van der Waals surface area contributed by atoms with Crippen LogP contribution in [0.1, 0.15) is 21.5 Å². The van der Waals surface area contributed by atoms with Crippen LogP contribution in [0.4, 0.5) is 0 Å². The van der Waals surface area contributed by atoms with E-state index in [9.17, 15) is 9.59 Å². The van der Waals surface area contributed by atoms with Gasteiger partial charge < -0.3 is 0 Å². The maximum absolute atomic E-state index is 13.1. The number of aliphatic imine (C=N–C) groups is 1. The van der Waals surface area contributed by atoms with Crippen molar-refractivity contribution in [2.45, 2.75) is 0 Å². The van der Waals surface area contributed by atoms with Gasteiger partial charge in [0, 0.05) is 5.56 Å². The zero-order chi connectivity index (χ0) is 20.2. The SMILES string of the molecule is O=C1NN(C(=O)c2ccccc2Cl)C(c2ccccc2)=N/C1=C/c1ccccc1. The van der Waals surface area contributed by atoms with Crippen LogP contribution in [0.15, 0.2) is 95.6 Å². The van der Waals surface area contributed by atoms with Gasteiger partial charge in [0.1, 0.15) is 5.70 Å². The van der Waals surface area contributed by atoms with E-state index in [-0.39, 0.29) is 11.3 Å². The molecule has 0 saturated heterocycles. The molecule has 0 aliphatic carbocycles. The van der Waals surface area contributed by atoms with Gasteiger partial charge in [-0.2, -0.15) is 5.01 Å². The molecule has 3 aromatic carbocycles. The Hall–Kier alpha value is -3.70. The van der Waals surface area contributed by atoms with Crippen LogP contribution in [-0.2, 0) is 4.79 Å². The van der Waals surface area contributed by atoms with E-state index in [1.165, 1.54) is 0 Å². The third-order valence-electron chi connectivity index (χ3n) is 4.33. The van der Waals surface area contributed by atoms with Gasteiger partial charge >= 0.3 is 0 Å². The van der Waals surface area contributed by atoms with Gasteiger partial charge in [-0.25, -0.2) is 4.99 Å². The molecule has 0 unspecified atom stereocenters. The first-order chi connectivity index (χ1) is 14.1. The van der Waals surface area contributed by atoms with Crippen molar-refractivity contribution in [2.24, 2.45) is 4.99 Å². The number of amides is 2. The molecule has 1 aliphatic rings. The molecular weight excluding hydrogens is 386 g/mol. The van der Waals surface area contributed by atoms with Crippen molar-refractivity contribution in [2.75, 3.05) is 0 Å². The second-order valence-corrected chi connectivity index (χ2v) is 6.71. The number of carbonyl (C=O) groups excluding carboxylic acids is 2. The number of benzene rings is 3. The van der Waals surface area contributed by atoms with E-state index in [0.717, 1.165) is 10.6 Å². The molecule has 4 rings (SSSR count). The molecular formula is C23H16ClN3O2. The second kappa shape index (κ2) is 8.12. The van der Waals surface area contributed by atoms with Gasteiger partial charge in [0.2, 0.25) is 0 Å². The van der Waals surface area contributed by atoms with E-state index in [1.807, 2.05) is 60.7 Å². The summed E-state index contributed by atoms with van der Waals surface area (Å²) in [6, 6.07) is 25.3. The fourth-order valence-electron chi connectivity index (χ4n) is 2.91. The number of carbonyl (C=O) groups is 2. The molecule has 142 valence electrons. The van der Waals surface area contributed by atoms with Crippen molar-refractivity contribution in [3.05, 3.63) is 112 Å². The Balaban J connectivity index is 1.81. The van der Waals surface area contributed by atoms with Gasteiger partial charge in [0.25, 0.3) is 11.8 Å². The number of rotatable bonds is 3. The Kier molecular flexibility index (Phi) is 5.22. The number of halogens is 1. The van der Waals surface area contributed by atoms with Crippen molar-refractivity contribution in [1.82, 2.24) is 10.4 Å². The number of nitrogens with zero attached hydrogens (tertiary/aromatic N) is 2. The van der Waals surface area contributed by atoms with E-state index >= 15 is 0 Å². The lowest BCUT2D eigenvalue weighted by molar-refractivity contribution is -0.120. The van der Waals surface area contributed by atoms with Crippen LogP contribution in [0.5, 0.6) is 0 Å². The first-order valence-electron chi connectivity index (χ1n) is 8.94. The molecule has 0 radical (unpaired) electrons. The lowest BCUT2D eigenvalue weighted by Crippen LogP contribution is -2.53. The molecule has 0 aromatic heterocycles. The summed E-state index contributed by atoms with van der Waals surface area (Å²) in [5.41, 5.74) is 4.65. The Labute approximate surface area is 172 Å². The third-order valence-corrected chi connectivity index (χ3v) is 4.66. The van der Waals surface area contributed by atoms with Crippen LogP contribution in [-0.4, -0.2) is 22.7 Å². The molecule has 0 bridgehead atoms. The average molecular weight is 402 g/mol. The van der Waals surface area contributed by atoms with Gasteiger partial charge in [-0.15, -0.1) is 0 Å². The zero-order valence-electron chi connectivity index (χ0n) is 15.2. The van der Waals surface area contributed by atoms with Crippen LogP contribution in [0.3, 0.4) is 0 Å². The molecule has 0 saturated carbocycles. The van der Waals surface area contributed by atoms with Crippen LogP contribution >= 0.6 is 11.6 Å². The molecule has 29 heavy (non-hydrogen) atoms. The molecule has 3 aromatic rings. The maximum Gasteiger partial charge on any atom is 0.288 e. The summed E-state index contributed by atoms with van der Waals surface area (Å²) in [5, 5.41) is 1.44. The van der Waals surface area contributed by atoms with Crippen LogP contribution in [0.25, 0.3) is 6.08 Å². The summed E-state index contributed by atoms with van der Waals surface area (Å²) in [6.07, 6.45) is 1.68. The fraction of sp³-hybridized carbons (Fsp3) is 0. The minimum absolute atomic E-state index is 0.207. The van der Waals surface area contributed by atoms with Gasteiger partial charge in [-0.1, -0.05) is 84.4 Å². The standard InChI is InChI=1S/C23H16ClN3O2/c24-19-14-8-7-13-18(19)23(29)27-21(17-11-5-2-6-12-17)25-20(22(28)26-27)15-16-9-3-1-4-10-16/h1-15H,(H,26,28)/b20-15+. The van der Waals surface area contributed by atoms with Crippen molar-refractivity contribution < 1.29 is 9.59 Å². The molecule has 0 atom stereocenters. The first kappa shape index (κ1) is 18.7. The molecule has 0 spiro atoms. The normalized spacial score (nSPS) is 15.1. The van der Waals surface area contributed by atoms with E-state index in [2.05, 4.69) is 10.4 Å². The third kappa shape index (κ3) is 3.95. The predicted octanol–water partition coefficient (Wildman–Crippen LogP) is 4.31. The Morgan fingerprint density at radius 1 is 0.897 bits per heavy atom. The molecule has 1 N–H and O–H groups in total. The Morgan fingerprint density at radius 2 is 1.52 bits per heavy atom. The topological polar surface area (TPSA) is 61.8 Å². The number of nitrogens with one attached hydrogen (secondary N) is 1. The summed E-state index contributed by atoms with van der Waals surface area (Å²) in [5.74, 6) is -0.628. The van der Waals surface area contributed by atoms with E-state index < -0.39 is 11.8 Å². The molecule has 6 heteroatoms. The number of hydrogen-bond acceptors (Lipinski definition) is 3. The zero-order valence-corrected chi connectivity index (χ0v) is 16.0. The average Bonchev–Trinajstić information content (AvgIpc) is 2.76. The van der Waals surface area contributed by atoms with Gasteiger partial charge in [0.05, 0.1) is 10.6 Å². The minimum atomic E-state index is -0.478. The summed E-state index contributed by atoms with van der Waals surface area (Å²) < 4.78 is 0. The van der Waals surface area contributed by atoms with Crippen molar-refractivity contribution >= 4 is 35.3 Å². The van der Waals surface area contributed by atoms with Crippen LogP contribution < -0.4 is 5.43 Å². The highest BCUT2D eigenvalue weighted by Crippen LogP contribution is 2.21. The van der Waals surface area contributed by atoms with Crippen LogP contribution in [0, 0.1) is 0 Å². The predicted molar refractivity (Wildman–Crippen MR) is 113 cm³/mol. The first-order valence-corrected chi connectivity index (χ1v) is 9.32. The van der Waals surface area contributed by atoms with E-state index in [1.54, 1.807) is 30.3 Å². The number of hydrazine groups is 1. The lowest BCUT2D eigenvalue weighted by atomic mass is 10.1. The summed E-state index contributed by atoms with van der Waals surface area (Å²) in [6.45, 7) is 0. The van der Waals surface area contributed by atoms with Crippen molar-refractivity contribution in [1.29, 1.82) is 0 Å². The number of hydrogen-bond donors (Lipinski definition) is 1. The van der Waals surface area contributed by atoms with E-state index in [0.29, 0.717) is 16.4 Å². The highest BCUT2D eigenvalue weighted by molar-refractivity contribution is 6.34. The molecule has 0 fully saturated rings. The summed E-state index contributed by atoms with van der Waals surface area (Å²) in [4.78, 5) is 30.3. The highest BCUT2D eigenvalue weighted by Gasteiger charge is 2.31. The molecule has 5 nitrogen and oxygen atoms in total. The lowest BCUT2D eigenvalue weighted by Gasteiger charge is -2.29. The smallest absolute Gasteiger partial charge is 0.267 e. The highest BCUT2D eigenvalue weighted by atomic mass is 35.5. The summed E-state index contributed by atoms with van der Waals surface area (Å²) in [7, 11) is 0. The van der Waals surface area contributed by atoms with E-state index in [4.69, 9.17) is 11.6 Å². The molecule has 1 heterocycles. The monoisotopic (exact) mass is 401 g/mol. The Bertz CT molecular complexity index is 1130. The fourth-order valence-corrected chi connectivity index (χ4v) is 3.13. The molecule has 1 aliphatic heterocycles.